The maximum absolute atomic E-state index is 13.7. The zero-order valence-electron chi connectivity index (χ0n) is 11.1. The molecule has 0 aromatic heterocycles. The van der Waals surface area contributed by atoms with E-state index in [1.54, 1.807) is 6.07 Å². The normalized spacial score (nSPS) is 12.2. The highest BCUT2D eigenvalue weighted by Crippen LogP contribution is 2.27. The van der Waals surface area contributed by atoms with Crippen molar-refractivity contribution in [2.75, 3.05) is 7.11 Å². The first-order chi connectivity index (χ1) is 9.65. The molecule has 3 nitrogen and oxygen atoms in total. The molecule has 1 atom stereocenters. The van der Waals surface area contributed by atoms with Crippen LogP contribution in [-0.4, -0.2) is 7.11 Å². The lowest BCUT2D eigenvalue weighted by Crippen LogP contribution is -2.29. The second kappa shape index (κ2) is 6.83. The molecule has 0 amide bonds. The Hall–Kier alpha value is -1.43. The summed E-state index contributed by atoms with van der Waals surface area (Å²) in [7, 11) is 1.45. The van der Waals surface area contributed by atoms with Crippen LogP contribution < -0.4 is 16.0 Å². The highest BCUT2D eigenvalue weighted by Gasteiger charge is 2.14. The molecular formula is C15H16BrFN2O. The number of methoxy groups -OCH3 is 1. The summed E-state index contributed by atoms with van der Waals surface area (Å²) in [6, 6.07) is 12.6. The fourth-order valence-corrected chi connectivity index (χ4v) is 2.65. The van der Waals surface area contributed by atoms with Crippen molar-refractivity contribution < 1.29 is 9.13 Å². The Balaban J connectivity index is 2.23. The zero-order valence-corrected chi connectivity index (χ0v) is 12.7. The van der Waals surface area contributed by atoms with E-state index in [-0.39, 0.29) is 17.6 Å². The molecule has 5 heteroatoms. The summed E-state index contributed by atoms with van der Waals surface area (Å²) in [6.07, 6.45) is 0.583. The van der Waals surface area contributed by atoms with Gasteiger partial charge in [-0.1, -0.05) is 40.2 Å². The number of ether oxygens (including phenoxy) is 1. The number of hydrogen-bond acceptors (Lipinski definition) is 3. The molecule has 0 saturated carbocycles. The Kier molecular flexibility index (Phi) is 5.11. The molecule has 0 fully saturated rings. The Morgan fingerprint density at radius 3 is 2.65 bits per heavy atom. The molecule has 2 aromatic carbocycles. The average molecular weight is 339 g/mol. The molecule has 0 bridgehead atoms. The molecule has 3 N–H and O–H groups in total. The predicted molar refractivity (Wildman–Crippen MR) is 80.9 cm³/mol. The Labute approximate surface area is 126 Å². The lowest BCUT2D eigenvalue weighted by atomic mass is 9.99. The summed E-state index contributed by atoms with van der Waals surface area (Å²) < 4.78 is 19.6. The number of nitrogens with one attached hydrogen (secondary N) is 1. The van der Waals surface area contributed by atoms with Crippen LogP contribution in [0.15, 0.2) is 46.9 Å². The van der Waals surface area contributed by atoms with Crippen LogP contribution in [0.25, 0.3) is 0 Å². The molecule has 0 aliphatic rings. The van der Waals surface area contributed by atoms with Gasteiger partial charge in [0.05, 0.1) is 13.2 Å². The largest absolute Gasteiger partial charge is 0.494 e. The van der Waals surface area contributed by atoms with Gasteiger partial charge in [-0.2, -0.15) is 0 Å². The Morgan fingerprint density at radius 2 is 2.05 bits per heavy atom. The second-order valence-corrected chi connectivity index (χ2v) is 5.27. The maximum atomic E-state index is 13.7. The summed E-state index contributed by atoms with van der Waals surface area (Å²) >= 11 is 3.50. The monoisotopic (exact) mass is 338 g/mol. The third-order valence-electron chi connectivity index (χ3n) is 3.14. The van der Waals surface area contributed by atoms with E-state index >= 15 is 0 Å². The first-order valence-corrected chi connectivity index (χ1v) is 6.98. The highest BCUT2D eigenvalue weighted by atomic mass is 79.9. The predicted octanol–water partition coefficient (Wildman–Crippen LogP) is 3.34. The number of hydrazine groups is 1. The van der Waals surface area contributed by atoms with E-state index < -0.39 is 0 Å². The van der Waals surface area contributed by atoms with E-state index in [9.17, 15) is 4.39 Å². The Bertz CT molecular complexity index is 592. The topological polar surface area (TPSA) is 47.3 Å². The molecule has 0 aliphatic carbocycles. The van der Waals surface area contributed by atoms with Gasteiger partial charge in [0.2, 0.25) is 0 Å². The number of hydrogen-bond donors (Lipinski definition) is 2. The molecule has 1 unspecified atom stereocenters. The number of nitrogens with two attached hydrogens (primary N) is 1. The van der Waals surface area contributed by atoms with Crippen molar-refractivity contribution in [3.8, 4) is 5.75 Å². The van der Waals surface area contributed by atoms with Crippen LogP contribution in [0, 0.1) is 5.82 Å². The van der Waals surface area contributed by atoms with Crippen LogP contribution in [0.4, 0.5) is 4.39 Å². The molecule has 106 valence electrons. The van der Waals surface area contributed by atoms with Crippen molar-refractivity contribution in [1.29, 1.82) is 0 Å². The summed E-state index contributed by atoms with van der Waals surface area (Å²) in [5, 5.41) is 0. The number of halogens is 2. The Morgan fingerprint density at radius 1 is 1.30 bits per heavy atom. The molecule has 0 heterocycles. The fraction of sp³-hybridized carbons (Fsp3) is 0.200. The SMILES string of the molecule is COc1ccc(CC(NN)c2ccccc2Br)cc1F. The van der Waals surface area contributed by atoms with Gasteiger partial charge in [-0.05, 0) is 35.7 Å². The summed E-state index contributed by atoms with van der Waals surface area (Å²) in [4.78, 5) is 0. The van der Waals surface area contributed by atoms with Gasteiger partial charge in [-0.25, -0.2) is 4.39 Å². The van der Waals surface area contributed by atoms with Crippen molar-refractivity contribution >= 4 is 15.9 Å². The molecule has 0 spiro atoms. The van der Waals surface area contributed by atoms with Crippen molar-refractivity contribution in [3.05, 3.63) is 63.9 Å². The van der Waals surface area contributed by atoms with Gasteiger partial charge in [0.15, 0.2) is 11.6 Å². The van der Waals surface area contributed by atoms with Crippen molar-refractivity contribution in [2.24, 2.45) is 5.84 Å². The maximum Gasteiger partial charge on any atom is 0.165 e. The third-order valence-corrected chi connectivity index (χ3v) is 3.86. The van der Waals surface area contributed by atoms with E-state index in [0.717, 1.165) is 15.6 Å². The van der Waals surface area contributed by atoms with Crippen LogP contribution in [0.3, 0.4) is 0 Å². The standard InChI is InChI=1S/C15H16BrFN2O/c1-20-15-7-6-10(8-13(15)17)9-14(19-18)11-4-2-3-5-12(11)16/h2-8,14,19H,9,18H2,1H3. The molecule has 2 aromatic rings. The van der Waals surface area contributed by atoms with Crippen LogP contribution in [0.1, 0.15) is 17.2 Å². The van der Waals surface area contributed by atoms with Crippen molar-refractivity contribution in [1.82, 2.24) is 5.43 Å². The third kappa shape index (κ3) is 3.36. The second-order valence-electron chi connectivity index (χ2n) is 4.41. The van der Waals surface area contributed by atoms with E-state index in [2.05, 4.69) is 21.4 Å². The average Bonchev–Trinajstić information content (AvgIpc) is 2.46. The summed E-state index contributed by atoms with van der Waals surface area (Å²) in [5.41, 5.74) is 4.65. The van der Waals surface area contributed by atoms with Gasteiger partial charge < -0.3 is 4.74 Å². The molecule has 20 heavy (non-hydrogen) atoms. The van der Waals surface area contributed by atoms with E-state index in [1.165, 1.54) is 13.2 Å². The van der Waals surface area contributed by atoms with Crippen LogP contribution in [0.5, 0.6) is 5.75 Å². The van der Waals surface area contributed by atoms with Gasteiger partial charge in [0.25, 0.3) is 0 Å². The smallest absolute Gasteiger partial charge is 0.165 e. The minimum Gasteiger partial charge on any atom is -0.494 e. The van der Waals surface area contributed by atoms with Crippen molar-refractivity contribution in [3.63, 3.8) is 0 Å². The first-order valence-electron chi connectivity index (χ1n) is 6.18. The molecule has 0 saturated heterocycles. The molecule has 0 radical (unpaired) electrons. The quantitative estimate of drug-likeness (QED) is 0.649. The zero-order chi connectivity index (χ0) is 14.5. The highest BCUT2D eigenvalue weighted by molar-refractivity contribution is 9.10. The fourth-order valence-electron chi connectivity index (χ4n) is 2.09. The van der Waals surface area contributed by atoms with E-state index in [4.69, 9.17) is 10.6 Å². The lowest BCUT2D eigenvalue weighted by Gasteiger charge is -2.18. The van der Waals surface area contributed by atoms with Crippen LogP contribution in [-0.2, 0) is 6.42 Å². The van der Waals surface area contributed by atoms with Crippen molar-refractivity contribution in [2.45, 2.75) is 12.5 Å². The lowest BCUT2D eigenvalue weighted by molar-refractivity contribution is 0.386. The van der Waals surface area contributed by atoms with Crippen LogP contribution >= 0.6 is 15.9 Å². The van der Waals surface area contributed by atoms with Gasteiger partial charge in [0.1, 0.15) is 0 Å². The number of rotatable bonds is 5. The minimum atomic E-state index is -0.368. The molecular weight excluding hydrogens is 323 g/mol. The van der Waals surface area contributed by atoms with Gasteiger partial charge in [0, 0.05) is 4.47 Å². The summed E-state index contributed by atoms with van der Waals surface area (Å²) in [5.74, 6) is 5.50. The summed E-state index contributed by atoms with van der Waals surface area (Å²) in [6.45, 7) is 0. The number of benzene rings is 2. The van der Waals surface area contributed by atoms with E-state index in [0.29, 0.717) is 6.42 Å². The van der Waals surface area contributed by atoms with E-state index in [1.807, 2.05) is 30.3 Å². The molecule has 2 rings (SSSR count). The van der Waals surface area contributed by atoms with Gasteiger partial charge >= 0.3 is 0 Å². The van der Waals surface area contributed by atoms with Crippen LogP contribution in [0.2, 0.25) is 0 Å². The first kappa shape index (κ1) is 15.0. The van der Waals surface area contributed by atoms with Gasteiger partial charge in [-0.15, -0.1) is 0 Å². The minimum absolute atomic E-state index is 0.0987. The van der Waals surface area contributed by atoms with Gasteiger partial charge in [-0.3, -0.25) is 11.3 Å². The molecule has 0 aliphatic heterocycles.